The lowest BCUT2D eigenvalue weighted by Crippen LogP contribution is -1.98. The van der Waals surface area contributed by atoms with E-state index in [1.165, 1.54) is 18.2 Å². The fourth-order valence-electron chi connectivity index (χ4n) is 2.20. The summed E-state index contributed by atoms with van der Waals surface area (Å²) in [7, 11) is 0. The number of aryl methyl sites for hydroxylation is 1. The van der Waals surface area contributed by atoms with Crippen molar-refractivity contribution in [2.75, 3.05) is 0 Å². The zero-order valence-electron chi connectivity index (χ0n) is 10.4. The largest absolute Gasteiger partial charge is 0.330 e. The molecule has 1 aromatic heterocycles. The van der Waals surface area contributed by atoms with Gasteiger partial charge >= 0.3 is 0 Å². The van der Waals surface area contributed by atoms with Gasteiger partial charge in [0.25, 0.3) is 0 Å². The van der Waals surface area contributed by atoms with Crippen LogP contribution in [0.2, 0.25) is 0 Å². The molecular formula is C14H9BrF2N2S. The molecule has 0 saturated carbocycles. The first kappa shape index (κ1) is 13.5. The third kappa shape index (κ3) is 2.09. The molecule has 0 aliphatic rings. The van der Waals surface area contributed by atoms with E-state index in [2.05, 4.69) is 20.9 Å². The van der Waals surface area contributed by atoms with E-state index in [-0.39, 0.29) is 11.6 Å². The molecule has 2 nitrogen and oxygen atoms in total. The average Bonchev–Trinajstić information content (AvgIpc) is 2.69. The molecular weight excluding hydrogens is 346 g/mol. The maximum atomic E-state index is 13.5. The smallest absolute Gasteiger partial charge is 0.182 e. The Morgan fingerprint density at radius 2 is 1.95 bits per heavy atom. The SMILES string of the molecule is Cc1cc(F)c(Br)cc1-n1c(=S)[nH]c2cc(F)ccc21. The number of aromatic amines is 1. The van der Waals surface area contributed by atoms with Gasteiger partial charge in [0.2, 0.25) is 0 Å². The molecule has 3 rings (SSSR count). The molecule has 0 unspecified atom stereocenters. The van der Waals surface area contributed by atoms with Crippen molar-refractivity contribution in [2.24, 2.45) is 0 Å². The lowest BCUT2D eigenvalue weighted by molar-refractivity contribution is 0.619. The maximum absolute atomic E-state index is 13.5. The van der Waals surface area contributed by atoms with Crippen LogP contribution in [0.1, 0.15) is 5.56 Å². The summed E-state index contributed by atoms with van der Waals surface area (Å²) in [6.45, 7) is 1.80. The molecule has 2 aromatic carbocycles. The summed E-state index contributed by atoms with van der Waals surface area (Å²) in [5.74, 6) is -0.665. The van der Waals surface area contributed by atoms with Gasteiger partial charge in [0.15, 0.2) is 4.77 Å². The Balaban J connectivity index is 2.38. The van der Waals surface area contributed by atoms with Crippen molar-refractivity contribution in [3.63, 3.8) is 0 Å². The quantitative estimate of drug-likeness (QED) is 0.607. The molecule has 0 bridgehead atoms. The molecule has 0 spiro atoms. The summed E-state index contributed by atoms with van der Waals surface area (Å²) in [6.07, 6.45) is 0. The minimum atomic E-state index is -0.335. The lowest BCUT2D eigenvalue weighted by atomic mass is 10.2. The molecule has 102 valence electrons. The number of fused-ring (bicyclic) bond motifs is 1. The molecule has 0 fully saturated rings. The van der Waals surface area contributed by atoms with Crippen LogP contribution in [0.3, 0.4) is 0 Å². The number of benzene rings is 2. The van der Waals surface area contributed by atoms with E-state index in [4.69, 9.17) is 12.2 Å². The highest BCUT2D eigenvalue weighted by Gasteiger charge is 2.12. The van der Waals surface area contributed by atoms with Gasteiger partial charge < -0.3 is 4.98 Å². The highest BCUT2D eigenvalue weighted by Crippen LogP contribution is 2.27. The first-order chi connectivity index (χ1) is 9.47. The van der Waals surface area contributed by atoms with Crippen LogP contribution in [0.4, 0.5) is 8.78 Å². The van der Waals surface area contributed by atoms with Gasteiger partial charge in [0.05, 0.1) is 21.2 Å². The van der Waals surface area contributed by atoms with Crippen LogP contribution in [0.5, 0.6) is 0 Å². The van der Waals surface area contributed by atoms with Crippen molar-refractivity contribution in [1.29, 1.82) is 0 Å². The topological polar surface area (TPSA) is 20.7 Å². The van der Waals surface area contributed by atoms with Gasteiger partial charge in [0.1, 0.15) is 11.6 Å². The van der Waals surface area contributed by atoms with Crippen LogP contribution in [0.25, 0.3) is 16.7 Å². The molecule has 0 radical (unpaired) electrons. The number of aromatic nitrogens is 2. The number of hydrogen-bond acceptors (Lipinski definition) is 1. The monoisotopic (exact) mass is 354 g/mol. The van der Waals surface area contributed by atoms with Crippen molar-refractivity contribution in [3.8, 4) is 5.69 Å². The third-order valence-electron chi connectivity index (χ3n) is 3.12. The van der Waals surface area contributed by atoms with E-state index in [9.17, 15) is 8.78 Å². The van der Waals surface area contributed by atoms with Gasteiger partial charge in [-0.25, -0.2) is 8.78 Å². The van der Waals surface area contributed by atoms with Gasteiger partial charge in [-0.15, -0.1) is 0 Å². The Kier molecular flexibility index (Phi) is 3.22. The van der Waals surface area contributed by atoms with Crippen LogP contribution < -0.4 is 0 Å². The van der Waals surface area contributed by atoms with E-state index in [0.717, 1.165) is 16.8 Å². The fourth-order valence-corrected chi connectivity index (χ4v) is 2.84. The summed E-state index contributed by atoms with van der Waals surface area (Å²) in [4.78, 5) is 2.96. The lowest BCUT2D eigenvalue weighted by Gasteiger charge is -2.09. The van der Waals surface area contributed by atoms with E-state index >= 15 is 0 Å². The van der Waals surface area contributed by atoms with Crippen molar-refractivity contribution in [2.45, 2.75) is 6.92 Å². The number of nitrogens with one attached hydrogen (secondary N) is 1. The molecule has 0 saturated heterocycles. The van der Waals surface area contributed by atoms with Crippen LogP contribution in [0.15, 0.2) is 34.8 Å². The molecule has 0 atom stereocenters. The highest BCUT2D eigenvalue weighted by molar-refractivity contribution is 9.10. The van der Waals surface area contributed by atoms with Gasteiger partial charge in [-0.3, -0.25) is 4.57 Å². The fraction of sp³-hybridized carbons (Fsp3) is 0.0714. The summed E-state index contributed by atoms with van der Waals surface area (Å²) in [5, 5.41) is 0. The third-order valence-corrected chi connectivity index (χ3v) is 4.02. The minimum absolute atomic E-state index is 0.330. The molecule has 1 N–H and O–H groups in total. The number of nitrogens with zero attached hydrogens (tertiary/aromatic N) is 1. The highest BCUT2D eigenvalue weighted by atomic mass is 79.9. The maximum Gasteiger partial charge on any atom is 0.182 e. The standard InChI is InChI=1S/C14H9BrF2N2S/c1-7-4-10(17)9(15)6-13(7)19-12-3-2-8(16)5-11(12)18-14(19)20/h2-6H,1H3,(H,18,20). The number of halogens is 3. The Morgan fingerprint density at radius 3 is 2.70 bits per heavy atom. The van der Waals surface area contributed by atoms with Crippen molar-refractivity contribution < 1.29 is 8.78 Å². The van der Waals surface area contributed by atoms with Gasteiger partial charge in [-0.2, -0.15) is 0 Å². The van der Waals surface area contributed by atoms with E-state index in [1.807, 2.05) is 0 Å². The van der Waals surface area contributed by atoms with Gasteiger partial charge in [-0.1, -0.05) is 0 Å². The summed E-state index contributed by atoms with van der Waals surface area (Å²) < 4.78 is 29.3. The Hall–Kier alpha value is -1.53. The molecule has 3 aromatic rings. The van der Waals surface area contributed by atoms with Crippen molar-refractivity contribution in [3.05, 3.63) is 56.8 Å². The van der Waals surface area contributed by atoms with Crippen LogP contribution in [-0.4, -0.2) is 9.55 Å². The normalized spacial score (nSPS) is 11.2. The average molecular weight is 355 g/mol. The summed E-state index contributed by atoms with van der Waals surface area (Å²) in [6, 6.07) is 7.50. The number of rotatable bonds is 1. The Bertz CT molecular complexity index is 883. The first-order valence-electron chi connectivity index (χ1n) is 5.83. The van der Waals surface area contributed by atoms with E-state index in [1.54, 1.807) is 23.6 Å². The summed E-state index contributed by atoms with van der Waals surface area (Å²) in [5.41, 5.74) is 2.85. The zero-order valence-corrected chi connectivity index (χ0v) is 12.8. The van der Waals surface area contributed by atoms with E-state index in [0.29, 0.717) is 14.8 Å². The molecule has 0 aliphatic heterocycles. The van der Waals surface area contributed by atoms with Gasteiger partial charge in [0, 0.05) is 0 Å². The molecule has 20 heavy (non-hydrogen) atoms. The first-order valence-corrected chi connectivity index (χ1v) is 7.04. The number of imidazole rings is 1. The molecule has 0 amide bonds. The number of H-pyrrole nitrogens is 1. The van der Waals surface area contributed by atoms with Crippen molar-refractivity contribution in [1.82, 2.24) is 9.55 Å². The molecule has 0 aliphatic carbocycles. The summed E-state index contributed by atoms with van der Waals surface area (Å²) >= 11 is 8.46. The second-order valence-electron chi connectivity index (χ2n) is 4.48. The Labute approximate surface area is 127 Å². The zero-order chi connectivity index (χ0) is 14.4. The van der Waals surface area contributed by atoms with Crippen LogP contribution in [-0.2, 0) is 0 Å². The second kappa shape index (κ2) is 4.79. The van der Waals surface area contributed by atoms with Gasteiger partial charge in [-0.05, 0) is 71.0 Å². The Morgan fingerprint density at radius 1 is 1.20 bits per heavy atom. The van der Waals surface area contributed by atoms with Crippen molar-refractivity contribution >= 4 is 39.2 Å². The second-order valence-corrected chi connectivity index (χ2v) is 5.72. The molecule has 6 heteroatoms. The molecule has 1 heterocycles. The van der Waals surface area contributed by atoms with Crippen LogP contribution in [0, 0.1) is 23.3 Å². The minimum Gasteiger partial charge on any atom is -0.330 e. The predicted octanol–water partition coefficient (Wildman–Crippen LogP) is 5.04. The predicted molar refractivity (Wildman–Crippen MR) is 80.8 cm³/mol. The van der Waals surface area contributed by atoms with E-state index < -0.39 is 0 Å². The van der Waals surface area contributed by atoms with Crippen LogP contribution >= 0.6 is 28.1 Å². The number of hydrogen-bond donors (Lipinski definition) is 1.